The molecule has 4 rings (SSSR count). The topological polar surface area (TPSA) is 79.8 Å². The van der Waals surface area contributed by atoms with Gasteiger partial charge >= 0.3 is 0 Å². The molecule has 6 nitrogen and oxygen atoms in total. The average Bonchev–Trinajstić information content (AvgIpc) is 3.10. The summed E-state index contributed by atoms with van der Waals surface area (Å²) in [5, 5.41) is 3.81. The van der Waals surface area contributed by atoms with E-state index in [2.05, 4.69) is 22.2 Å². The van der Waals surface area contributed by atoms with Gasteiger partial charge in [-0.15, -0.1) is 0 Å². The van der Waals surface area contributed by atoms with E-state index in [1.165, 1.54) is 16.9 Å². The quantitative estimate of drug-likeness (QED) is 0.214. The van der Waals surface area contributed by atoms with Crippen molar-refractivity contribution in [2.45, 2.75) is 18.5 Å². The Morgan fingerprint density at radius 1 is 1.23 bits per heavy atom. The van der Waals surface area contributed by atoms with Gasteiger partial charge in [-0.2, -0.15) is 0 Å². The molecule has 158 valence electrons. The summed E-state index contributed by atoms with van der Waals surface area (Å²) < 4.78 is 2.68. The van der Waals surface area contributed by atoms with Crippen LogP contribution in [0.15, 0.2) is 58.5 Å². The number of halogens is 1. The van der Waals surface area contributed by atoms with Crippen LogP contribution in [0.25, 0.3) is 16.0 Å². The molecule has 10 heteroatoms. The van der Waals surface area contributed by atoms with Crippen LogP contribution in [0.1, 0.15) is 12.5 Å². The number of carbonyl (C=O) groups excluding carboxylic acids is 1. The predicted molar refractivity (Wildman–Crippen MR) is 131 cm³/mol. The first-order valence-electron chi connectivity index (χ1n) is 9.38. The van der Waals surface area contributed by atoms with Crippen LogP contribution in [0.5, 0.6) is 0 Å². The number of hydrogen-bond acceptors (Lipinski definition) is 6. The van der Waals surface area contributed by atoms with Crippen molar-refractivity contribution in [3.8, 4) is 5.69 Å². The van der Waals surface area contributed by atoms with Gasteiger partial charge in [-0.25, -0.2) is 4.98 Å². The fourth-order valence-electron chi connectivity index (χ4n) is 2.93. The molecule has 4 aromatic rings. The number of aryl methyl sites for hydroxylation is 1. The number of amides is 1. The number of H-pyrrole nitrogens is 1. The Morgan fingerprint density at radius 2 is 1.94 bits per heavy atom. The lowest BCUT2D eigenvalue weighted by molar-refractivity contribution is -0.113. The number of aromatic nitrogens is 3. The van der Waals surface area contributed by atoms with Gasteiger partial charge in [-0.3, -0.25) is 14.2 Å². The number of nitrogens with one attached hydrogen (secondary N) is 2. The molecule has 0 aliphatic rings. The predicted octanol–water partition coefficient (Wildman–Crippen LogP) is 5.45. The van der Waals surface area contributed by atoms with Gasteiger partial charge in [0.15, 0.2) is 14.8 Å². The Morgan fingerprint density at radius 3 is 2.61 bits per heavy atom. The minimum absolute atomic E-state index is 0.107. The fraction of sp³-hybridized carbons (Fsp3) is 0.143. The number of hydrogen-bond donors (Lipinski definition) is 2. The highest BCUT2D eigenvalue weighted by atomic mass is 35.5. The van der Waals surface area contributed by atoms with E-state index in [1.54, 1.807) is 16.7 Å². The minimum Gasteiger partial charge on any atom is -0.325 e. The normalized spacial score (nSPS) is 11.0. The molecular weight excluding hydrogens is 472 g/mol. The number of benzene rings is 2. The minimum atomic E-state index is -0.285. The Labute approximate surface area is 196 Å². The van der Waals surface area contributed by atoms with Crippen molar-refractivity contribution < 1.29 is 4.79 Å². The van der Waals surface area contributed by atoms with Gasteiger partial charge < -0.3 is 10.3 Å². The number of thioether (sulfide) groups is 1. The summed E-state index contributed by atoms with van der Waals surface area (Å²) in [6.45, 7) is 2.08. The number of nitrogens with zero attached hydrogens (tertiary/aromatic N) is 2. The first kappa shape index (κ1) is 21.8. The highest BCUT2D eigenvalue weighted by Gasteiger charge is 2.15. The molecule has 0 radical (unpaired) electrons. The van der Waals surface area contributed by atoms with Gasteiger partial charge in [-0.1, -0.05) is 53.8 Å². The van der Waals surface area contributed by atoms with Gasteiger partial charge in [0.2, 0.25) is 5.91 Å². The molecule has 31 heavy (non-hydrogen) atoms. The van der Waals surface area contributed by atoms with E-state index in [4.69, 9.17) is 23.8 Å². The third-order valence-corrected chi connectivity index (χ3v) is 6.98. The Bertz CT molecular complexity index is 1360. The van der Waals surface area contributed by atoms with E-state index in [9.17, 15) is 9.59 Å². The van der Waals surface area contributed by atoms with E-state index in [0.717, 1.165) is 29.6 Å². The van der Waals surface area contributed by atoms with Crippen LogP contribution in [-0.4, -0.2) is 26.2 Å². The zero-order chi connectivity index (χ0) is 22.0. The molecule has 1 amide bonds. The standard InChI is InChI=1S/C21H17ClN4O2S3/c1-2-12-3-7-14(8-4-12)23-16(27)11-30-20-24-18-17(19(28)25-20)31-21(29)26(18)15-9-5-13(22)6-10-15/h3-10H,2,11H2,1H3,(H,23,27)(H,24,25,28). The maximum Gasteiger partial charge on any atom is 0.271 e. The van der Waals surface area contributed by atoms with Crippen LogP contribution in [0.2, 0.25) is 5.02 Å². The van der Waals surface area contributed by atoms with E-state index in [0.29, 0.717) is 24.5 Å². The molecule has 0 fully saturated rings. The second-order valence-corrected chi connectivity index (χ2v) is 9.64. The Kier molecular flexibility index (Phi) is 6.57. The van der Waals surface area contributed by atoms with Crippen LogP contribution in [0.4, 0.5) is 5.69 Å². The summed E-state index contributed by atoms with van der Waals surface area (Å²) >= 11 is 13.8. The molecule has 2 N–H and O–H groups in total. The highest BCUT2D eigenvalue weighted by molar-refractivity contribution is 7.99. The van der Waals surface area contributed by atoms with Crippen molar-refractivity contribution in [3.63, 3.8) is 0 Å². The van der Waals surface area contributed by atoms with Crippen molar-refractivity contribution in [2.24, 2.45) is 0 Å². The van der Waals surface area contributed by atoms with Crippen LogP contribution >= 0.6 is 46.9 Å². The molecule has 0 spiro atoms. The summed E-state index contributed by atoms with van der Waals surface area (Å²) in [5.74, 6) is -0.0765. The fourth-order valence-corrected chi connectivity index (χ4v) is 4.99. The van der Waals surface area contributed by atoms with E-state index in [1.807, 2.05) is 36.4 Å². The Hall–Kier alpha value is -2.46. The summed E-state index contributed by atoms with van der Waals surface area (Å²) in [5.41, 5.74) is 2.87. The average molecular weight is 489 g/mol. The molecule has 0 atom stereocenters. The Balaban J connectivity index is 1.56. The molecular formula is C21H17ClN4O2S3. The first-order chi connectivity index (χ1) is 14.9. The van der Waals surface area contributed by atoms with E-state index < -0.39 is 0 Å². The van der Waals surface area contributed by atoms with Gasteiger partial charge in [-0.05, 0) is 60.6 Å². The molecule has 0 aliphatic carbocycles. The van der Waals surface area contributed by atoms with Crippen molar-refractivity contribution >= 4 is 68.9 Å². The number of rotatable bonds is 6. The molecule has 0 aliphatic heterocycles. The monoisotopic (exact) mass is 488 g/mol. The van der Waals surface area contributed by atoms with Gasteiger partial charge in [0.05, 0.1) is 5.75 Å². The zero-order valence-electron chi connectivity index (χ0n) is 16.3. The van der Waals surface area contributed by atoms with Crippen molar-refractivity contribution in [2.75, 3.05) is 11.1 Å². The zero-order valence-corrected chi connectivity index (χ0v) is 19.6. The lowest BCUT2D eigenvalue weighted by Crippen LogP contribution is -2.15. The van der Waals surface area contributed by atoms with Crippen LogP contribution < -0.4 is 10.9 Å². The van der Waals surface area contributed by atoms with E-state index >= 15 is 0 Å². The first-order valence-corrected chi connectivity index (χ1v) is 12.0. The number of carbonyl (C=O) groups is 1. The third-order valence-electron chi connectivity index (χ3n) is 4.49. The molecule has 2 aromatic carbocycles. The third kappa shape index (κ3) is 4.90. The largest absolute Gasteiger partial charge is 0.325 e. The number of fused-ring (bicyclic) bond motifs is 1. The number of aromatic amines is 1. The van der Waals surface area contributed by atoms with Crippen LogP contribution in [-0.2, 0) is 11.2 Å². The van der Waals surface area contributed by atoms with Gasteiger partial charge in [0.25, 0.3) is 5.56 Å². The molecule has 2 aromatic heterocycles. The maximum absolute atomic E-state index is 12.6. The highest BCUT2D eigenvalue weighted by Crippen LogP contribution is 2.25. The van der Waals surface area contributed by atoms with Crippen molar-refractivity contribution in [1.82, 2.24) is 14.5 Å². The van der Waals surface area contributed by atoms with Crippen molar-refractivity contribution in [3.05, 3.63) is 73.4 Å². The summed E-state index contributed by atoms with van der Waals surface area (Å²) in [6, 6.07) is 14.8. The lowest BCUT2D eigenvalue weighted by atomic mass is 10.1. The SMILES string of the molecule is CCc1ccc(NC(=O)CSc2nc3c(sc(=S)n3-c3ccc(Cl)cc3)c(=O)[nH]2)cc1. The molecule has 0 saturated carbocycles. The lowest BCUT2D eigenvalue weighted by Gasteiger charge is -2.07. The molecule has 2 heterocycles. The summed E-state index contributed by atoms with van der Waals surface area (Å²) in [4.78, 5) is 32.2. The van der Waals surface area contributed by atoms with Crippen molar-refractivity contribution in [1.29, 1.82) is 0 Å². The summed E-state index contributed by atoms with van der Waals surface area (Å²) in [6.07, 6.45) is 0.941. The van der Waals surface area contributed by atoms with Gasteiger partial charge in [0.1, 0.15) is 4.70 Å². The summed E-state index contributed by atoms with van der Waals surface area (Å²) in [7, 11) is 0. The maximum atomic E-state index is 12.6. The van der Waals surface area contributed by atoms with E-state index in [-0.39, 0.29) is 17.2 Å². The van der Waals surface area contributed by atoms with Crippen LogP contribution in [0, 0.1) is 3.95 Å². The van der Waals surface area contributed by atoms with Gasteiger partial charge in [0, 0.05) is 16.4 Å². The van der Waals surface area contributed by atoms with Crippen LogP contribution in [0.3, 0.4) is 0 Å². The second kappa shape index (κ2) is 9.35. The number of thiazole rings is 1. The molecule has 0 bridgehead atoms. The smallest absolute Gasteiger partial charge is 0.271 e. The second-order valence-electron chi connectivity index (χ2n) is 6.59. The molecule has 0 saturated heterocycles. The number of anilines is 1. The molecule has 0 unspecified atom stereocenters.